The Balaban J connectivity index is 1.31. The first kappa shape index (κ1) is 14.1. The summed E-state index contributed by atoms with van der Waals surface area (Å²) in [5.41, 5.74) is 0.235. The summed E-state index contributed by atoms with van der Waals surface area (Å²) in [7, 11) is 0. The number of hydrogen-bond acceptors (Lipinski definition) is 2. The molecule has 1 aliphatic heterocycles. The molecule has 2 aliphatic carbocycles. The molecule has 3 aliphatic rings. The van der Waals surface area contributed by atoms with Crippen LogP contribution in [0.25, 0.3) is 0 Å². The van der Waals surface area contributed by atoms with Gasteiger partial charge in [0.15, 0.2) is 0 Å². The fourth-order valence-electron chi connectivity index (χ4n) is 4.91. The average molecular weight is 303 g/mol. The number of nitrogens with one attached hydrogen (secondary N) is 2. The van der Waals surface area contributed by atoms with E-state index in [2.05, 4.69) is 15.2 Å². The zero-order valence-corrected chi connectivity index (χ0v) is 13.0. The van der Waals surface area contributed by atoms with Crippen LogP contribution < -0.4 is 10.6 Å². The summed E-state index contributed by atoms with van der Waals surface area (Å²) in [6, 6.07) is 4.29. The van der Waals surface area contributed by atoms with Crippen molar-refractivity contribution in [2.45, 2.75) is 50.8 Å². The van der Waals surface area contributed by atoms with Crippen LogP contribution in [-0.2, 0) is 11.3 Å². The lowest BCUT2D eigenvalue weighted by molar-refractivity contribution is -0.126. The first-order valence-corrected chi connectivity index (χ1v) is 8.56. The maximum atomic E-state index is 12.2. The third kappa shape index (κ3) is 2.22. The third-order valence-corrected chi connectivity index (χ3v) is 5.89. The van der Waals surface area contributed by atoms with E-state index in [-0.39, 0.29) is 11.4 Å². The van der Waals surface area contributed by atoms with Crippen molar-refractivity contribution in [2.75, 3.05) is 13.2 Å². The maximum absolute atomic E-state index is 12.2. The molecule has 0 aromatic carbocycles. The molecule has 1 aromatic rings. The third-order valence-electron chi connectivity index (χ3n) is 5.89. The number of rotatable bonds is 4. The Labute approximate surface area is 131 Å². The summed E-state index contributed by atoms with van der Waals surface area (Å²) in [4.78, 5) is 12.2. The van der Waals surface area contributed by atoms with Crippen molar-refractivity contribution in [1.29, 1.82) is 0 Å². The van der Waals surface area contributed by atoms with Crippen molar-refractivity contribution in [3.8, 4) is 0 Å². The van der Waals surface area contributed by atoms with Crippen LogP contribution in [0.3, 0.4) is 0 Å². The van der Waals surface area contributed by atoms with Gasteiger partial charge in [-0.15, -0.1) is 0 Å². The summed E-state index contributed by atoms with van der Waals surface area (Å²) in [5.74, 6) is 0.535. The van der Waals surface area contributed by atoms with Gasteiger partial charge in [0.05, 0.1) is 6.10 Å². The van der Waals surface area contributed by atoms with Crippen molar-refractivity contribution < 1.29 is 9.53 Å². The highest BCUT2D eigenvalue weighted by molar-refractivity contribution is 5.74. The van der Waals surface area contributed by atoms with Gasteiger partial charge in [-0.3, -0.25) is 0 Å². The molecular formula is C17H25N3O2. The molecule has 4 rings (SSSR count). The van der Waals surface area contributed by atoms with Crippen LogP contribution in [0, 0.1) is 11.3 Å². The predicted molar refractivity (Wildman–Crippen MR) is 83.5 cm³/mol. The van der Waals surface area contributed by atoms with Crippen LogP contribution in [-0.4, -0.2) is 35.9 Å². The molecule has 120 valence electrons. The predicted octanol–water partition coefficient (Wildman–Crippen LogP) is 2.13. The molecule has 0 radical (unpaired) electrons. The van der Waals surface area contributed by atoms with Gasteiger partial charge in [-0.1, -0.05) is 12.8 Å². The highest BCUT2D eigenvalue weighted by Gasteiger charge is 2.65. The number of carbonyl (C=O) groups is 1. The standard InChI is InChI=1S/C17H25N3O2/c21-16(18-8-11-20-9-3-4-10-20)19-14-13-5-12-22-15(13)17(14)6-1-2-7-17/h3-4,9-10,13-15H,1-2,5-8,11-12H2,(H2,18,19,21). The van der Waals surface area contributed by atoms with Crippen molar-refractivity contribution >= 4 is 6.03 Å². The van der Waals surface area contributed by atoms with Gasteiger partial charge in [-0.05, 0) is 31.4 Å². The molecular weight excluding hydrogens is 278 g/mol. The molecule has 2 saturated carbocycles. The maximum Gasteiger partial charge on any atom is 0.315 e. The molecule has 3 atom stereocenters. The van der Waals surface area contributed by atoms with Gasteiger partial charge in [-0.2, -0.15) is 0 Å². The number of hydrogen-bond donors (Lipinski definition) is 2. The molecule has 5 heteroatoms. The van der Waals surface area contributed by atoms with Crippen LogP contribution >= 0.6 is 0 Å². The Morgan fingerprint density at radius 2 is 2.05 bits per heavy atom. The summed E-state index contributed by atoms with van der Waals surface area (Å²) < 4.78 is 8.03. The van der Waals surface area contributed by atoms with E-state index < -0.39 is 0 Å². The van der Waals surface area contributed by atoms with E-state index in [0.717, 1.165) is 19.6 Å². The summed E-state index contributed by atoms with van der Waals surface area (Å²) in [6.45, 7) is 2.33. The van der Waals surface area contributed by atoms with Crippen molar-refractivity contribution in [3.05, 3.63) is 24.5 Å². The molecule has 0 bridgehead atoms. The van der Waals surface area contributed by atoms with E-state index in [0.29, 0.717) is 24.6 Å². The van der Waals surface area contributed by atoms with Crippen molar-refractivity contribution in [2.24, 2.45) is 11.3 Å². The molecule has 5 nitrogen and oxygen atoms in total. The Kier molecular flexibility index (Phi) is 3.60. The van der Waals surface area contributed by atoms with Crippen LogP contribution in [0.15, 0.2) is 24.5 Å². The second kappa shape index (κ2) is 5.61. The van der Waals surface area contributed by atoms with Gasteiger partial charge in [-0.25, -0.2) is 4.79 Å². The number of ether oxygens (including phenoxy) is 1. The molecule has 1 spiro atoms. The topological polar surface area (TPSA) is 55.3 Å². The minimum absolute atomic E-state index is 0.0196. The van der Waals surface area contributed by atoms with E-state index in [1.165, 1.54) is 25.7 Å². The van der Waals surface area contributed by atoms with E-state index in [1.807, 2.05) is 24.5 Å². The lowest BCUT2D eigenvalue weighted by Gasteiger charge is -2.56. The average Bonchev–Trinajstić information content (AvgIpc) is 3.24. The fraction of sp³-hybridized carbons (Fsp3) is 0.706. The first-order valence-electron chi connectivity index (χ1n) is 8.56. The normalized spacial score (nSPS) is 31.7. The van der Waals surface area contributed by atoms with Gasteiger partial charge in [0, 0.05) is 49.5 Å². The summed E-state index contributed by atoms with van der Waals surface area (Å²) in [6.07, 6.45) is 10.5. The van der Waals surface area contributed by atoms with Gasteiger partial charge in [0.1, 0.15) is 0 Å². The fourth-order valence-corrected chi connectivity index (χ4v) is 4.91. The zero-order chi connectivity index (χ0) is 15.0. The van der Waals surface area contributed by atoms with E-state index in [4.69, 9.17) is 4.74 Å². The number of aromatic nitrogens is 1. The number of urea groups is 1. The molecule has 1 aromatic heterocycles. The smallest absolute Gasteiger partial charge is 0.315 e. The lowest BCUT2D eigenvalue weighted by atomic mass is 9.54. The van der Waals surface area contributed by atoms with Gasteiger partial charge in [0.25, 0.3) is 0 Å². The second-order valence-corrected chi connectivity index (χ2v) is 6.98. The Bertz CT molecular complexity index is 522. The summed E-state index contributed by atoms with van der Waals surface area (Å²) >= 11 is 0. The molecule has 3 fully saturated rings. The van der Waals surface area contributed by atoms with Crippen LogP contribution in [0.4, 0.5) is 4.79 Å². The summed E-state index contributed by atoms with van der Waals surface area (Å²) in [5, 5.41) is 6.26. The van der Waals surface area contributed by atoms with E-state index >= 15 is 0 Å². The van der Waals surface area contributed by atoms with Crippen LogP contribution in [0.2, 0.25) is 0 Å². The van der Waals surface area contributed by atoms with Crippen LogP contribution in [0.5, 0.6) is 0 Å². The van der Waals surface area contributed by atoms with Gasteiger partial charge in [0.2, 0.25) is 0 Å². The van der Waals surface area contributed by atoms with Crippen molar-refractivity contribution in [3.63, 3.8) is 0 Å². The second-order valence-electron chi connectivity index (χ2n) is 6.98. The SMILES string of the molecule is O=C(NCCn1cccc1)NC1C2CCOC2C12CCCC2. The zero-order valence-electron chi connectivity index (χ0n) is 13.0. The van der Waals surface area contributed by atoms with E-state index in [1.54, 1.807) is 0 Å². The Morgan fingerprint density at radius 1 is 1.27 bits per heavy atom. The van der Waals surface area contributed by atoms with Crippen LogP contribution in [0.1, 0.15) is 32.1 Å². The molecule has 22 heavy (non-hydrogen) atoms. The highest BCUT2D eigenvalue weighted by Crippen LogP contribution is 2.60. The molecule has 2 N–H and O–H groups in total. The Hall–Kier alpha value is -1.49. The van der Waals surface area contributed by atoms with Crippen molar-refractivity contribution in [1.82, 2.24) is 15.2 Å². The van der Waals surface area contributed by atoms with Gasteiger partial charge >= 0.3 is 6.03 Å². The quantitative estimate of drug-likeness (QED) is 0.895. The minimum Gasteiger partial charge on any atom is -0.377 e. The minimum atomic E-state index is -0.0196. The monoisotopic (exact) mass is 303 g/mol. The molecule has 1 saturated heterocycles. The number of fused-ring (bicyclic) bond motifs is 2. The van der Waals surface area contributed by atoms with Gasteiger partial charge < -0.3 is 19.9 Å². The number of nitrogens with zero attached hydrogens (tertiary/aromatic N) is 1. The molecule has 3 unspecified atom stereocenters. The largest absolute Gasteiger partial charge is 0.377 e. The molecule has 2 heterocycles. The number of amides is 2. The molecule has 2 amide bonds. The first-order chi connectivity index (χ1) is 10.8. The number of carbonyl (C=O) groups excluding carboxylic acids is 1. The highest BCUT2D eigenvalue weighted by atomic mass is 16.5. The Morgan fingerprint density at radius 3 is 2.82 bits per heavy atom. The lowest BCUT2D eigenvalue weighted by Crippen LogP contribution is -2.69. The van der Waals surface area contributed by atoms with E-state index in [9.17, 15) is 4.79 Å².